The van der Waals surface area contributed by atoms with Crippen LogP contribution in [0.3, 0.4) is 0 Å². The zero-order valence-corrected chi connectivity index (χ0v) is 17.3. The van der Waals surface area contributed by atoms with Crippen molar-refractivity contribution >= 4 is 29.2 Å². The Balaban J connectivity index is 1.58. The number of anilines is 2. The normalized spacial score (nSPS) is 10.1. The molecule has 0 heterocycles. The van der Waals surface area contributed by atoms with Gasteiger partial charge in [0.1, 0.15) is 0 Å². The molecular formula is C24H23N3O4. The molecule has 0 fully saturated rings. The largest absolute Gasteiger partial charge is 0.452 e. The summed E-state index contributed by atoms with van der Waals surface area (Å²) in [5.41, 5.74) is 8.83. The summed E-state index contributed by atoms with van der Waals surface area (Å²) in [4.78, 5) is 36.4. The van der Waals surface area contributed by atoms with Gasteiger partial charge < -0.3 is 10.1 Å². The highest BCUT2D eigenvalue weighted by Crippen LogP contribution is 2.25. The molecule has 7 heteroatoms. The topological polar surface area (TPSA) is 96.5 Å². The summed E-state index contributed by atoms with van der Waals surface area (Å²) in [5, 5.41) is 3.25. The number of nitrogens with one attached hydrogen (secondary N) is 3. The second-order valence-electron chi connectivity index (χ2n) is 6.86. The Morgan fingerprint density at radius 1 is 0.774 bits per heavy atom. The molecule has 0 spiro atoms. The van der Waals surface area contributed by atoms with E-state index in [1.807, 2.05) is 32.0 Å². The van der Waals surface area contributed by atoms with Crippen LogP contribution >= 0.6 is 0 Å². The SMILES string of the molecule is Cc1cccc(Nc2ccccc2C(=O)OCC(=O)NNC(=O)c2ccccc2)c1C. The monoisotopic (exact) mass is 417 g/mol. The number of amides is 2. The number of rotatable bonds is 6. The molecule has 0 unspecified atom stereocenters. The van der Waals surface area contributed by atoms with Gasteiger partial charge in [0.05, 0.1) is 11.3 Å². The first-order valence-corrected chi connectivity index (χ1v) is 9.69. The molecule has 0 radical (unpaired) electrons. The van der Waals surface area contributed by atoms with E-state index < -0.39 is 24.4 Å². The number of aryl methyl sites for hydroxylation is 1. The lowest BCUT2D eigenvalue weighted by atomic mass is 10.1. The van der Waals surface area contributed by atoms with Crippen LogP contribution in [0.1, 0.15) is 31.8 Å². The van der Waals surface area contributed by atoms with Gasteiger partial charge in [-0.1, -0.05) is 42.5 Å². The van der Waals surface area contributed by atoms with Crippen LogP contribution in [0.4, 0.5) is 11.4 Å². The van der Waals surface area contributed by atoms with Crippen molar-refractivity contribution in [1.29, 1.82) is 0 Å². The lowest BCUT2D eigenvalue weighted by molar-refractivity contribution is -0.125. The first kappa shape index (κ1) is 21.6. The van der Waals surface area contributed by atoms with E-state index in [0.717, 1.165) is 16.8 Å². The van der Waals surface area contributed by atoms with Crippen molar-refractivity contribution in [3.63, 3.8) is 0 Å². The predicted octanol–water partition coefficient (Wildman–Crippen LogP) is 3.67. The Bertz CT molecular complexity index is 1100. The number of ether oxygens (including phenoxy) is 1. The molecule has 2 amide bonds. The van der Waals surface area contributed by atoms with E-state index in [0.29, 0.717) is 16.8 Å². The van der Waals surface area contributed by atoms with Crippen LogP contribution in [0.25, 0.3) is 0 Å². The molecule has 0 bridgehead atoms. The van der Waals surface area contributed by atoms with Crippen LogP contribution < -0.4 is 16.2 Å². The average Bonchev–Trinajstić information content (AvgIpc) is 2.79. The third-order valence-electron chi connectivity index (χ3n) is 4.71. The van der Waals surface area contributed by atoms with Crippen molar-refractivity contribution in [3.8, 4) is 0 Å². The number of hydrazine groups is 1. The van der Waals surface area contributed by atoms with E-state index in [9.17, 15) is 14.4 Å². The maximum absolute atomic E-state index is 12.5. The summed E-state index contributed by atoms with van der Waals surface area (Å²) in [6.45, 7) is 3.47. The van der Waals surface area contributed by atoms with Crippen molar-refractivity contribution in [2.45, 2.75) is 13.8 Å². The van der Waals surface area contributed by atoms with Crippen molar-refractivity contribution in [2.24, 2.45) is 0 Å². The molecule has 0 saturated carbocycles. The van der Waals surface area contributed by atoms with Crippen molar-refractivity contribution in [2.75, 3.05) is 11.9 Å². The Morgan fingerprint density at radius 2 is 1.45 bits per heavy atom. The van der Waals surface area contributed by atoms with Gasteiger partial charge in [-0.2, -0.15) is 0 Å². The summed E-state index contributed by atoms with van der Waals surface area (Å²) in [6.07, 6.45) is 0. The van der Waals surface area contributed by atoms with Gasteiger partial charge in [-0.25, -0.2) is 4.79 Å². The molecule has 7 nitrogen and oxygen atoms in total. The van der Waals surface area contributed by atoms with Crippen LogP contribution in [0.2, 0.25) is 0 Å². The van der Waals surface area contributed by atoms with Gasteiger partial charge in [0, 0.05) is 11.3 Å². The van der Waals surface area contributed by atoms with Crippen molar-refractivity contribution in [1.82, 2.24) is 10.9 Å². The van der Waals surface area contributed by atoms with Crippen molar-refractivity contribution < 1.29 is 19.1 Å². The fraction of sp³-hybridized carbons (Fsp3) is 0.125. The molecule has 3 N–H and O–H groups in total. The van der Waals surface area contributed by atoms with Crippen LogP contribution in [-0.4, -0.2) is 24.4 Å². The number of para-hydroxylation sites is 1. The number of esters is 1. The molecule has 0 atom stereocenters. The molecule has 3 aromatic rings. The lowest BCUT2D eigenvalue weighted by Crippen LogP contribution is -2.43. The minimum absolute atomic E-state index is 0.296. The third kappa shape index (κ3) is 5.70. The highest BCUT2D eigenvalue weighted by atomic mass is 16.5. The number of benzene rings is 3. The maximum Gasteiger partial charge on any atom is 0.340 e. The fourth-order valence-electron chi connectivity index (χ4n) is 2.83. The molecule has 158 valence electrons. The van der Waals surface area contributed by atoms with Gasteiger partial charge in [0.15, 0.2) is 6.61 Å². The Morgan fingerprint density at radius 3 is 2.23 bits per heavy atom. The summed E-state index contributed by atoms with van der Waals surface area (Å²) in [6, 6.07) is 21.2. The number of hydrogen-bond acceptors (Lipinski definition) is 5. The Kier molecular flexibility index (Phi) is 7.01. The highest BCUT2D eigenvalue weighted by Gasteiger charge is 2.15. The molecule has 31 heavy (non-hydrogen) atoms. The number of carbonyl (C=O) groups is 3. The van der Waals surface area contributed by atoms with E-state index in [-0.39, 0.29) is 0 Å². The van der Waals surface area contributed by atoms with Gasteiger partial charge >= 0.3 is 5.97 Å². The quantitative estimate of drug-likeness (QED) is 0.420. The van der Waals surface area contributed by atoms with Gasteiger partial charge in [-0.3, -0.25) is 20.4 Å². The van der Waals surface area contributed by atoms with Crippen LogP contribution in [0.15, 0.2) is 72.8 Å². The van der Waals surface area contributed by atoms with Gasteiger partial charge in [0.25, 0.3) is 11.8 Å². The minimum atomic E-state index is -0.655. The van der Waals surface area contributed by atoms with Crippen molar-refractivity contribution in [3.05, 3.63) is 95.1 Å². The Hall–Kier alpha value is -4.13. The molecule has 0 aromatic heterocycles. The first-order valence-electron chi connectivity index (χ1n) is 9.69. The van der Waals surface area contributed by atoms with Gasteiger partial charge in [-0.15, -0.1) is 0 Å². The van der Waals surface area contributed by atoms with Gasteiger partial charge in [0.2, 0.25) is 0 Å². The fourth-order valence-corrected chi connectivity index (χ4v) is 2.83. The standard InChI is InChI=1S/C24H23N3O4/c1-16-9-8-14-20(17(16)2)25-21-13-7-6-12-19(21)24(30)31-15-22(28)26-27-23(29)18-10-4-3-5-11-18/h3-14,25H,15H2,1-2H3,(H,26,28)(H,27,29). The van der Waals surface area contributed by atoms with Crippen LogP contribution in [0.5, 0.6) is 0 Å². The summed E-state index contributed by atoms with van der Waals surface area (Å²) >= 11 is 0. The van der Waals surface area contributed by atoms with E-state index >= 15 is 0 Å². The maximum atomic E-state index is 12.5. The minimum Gasteiger partial charge on any atom is -0.452 e. The smallest absolute Gasteiger partial charge is 0.340 e. The molecule has 3 aromatic carbocycles. The highest BCUT2D eigenvalue weighted by molar-refractivity contribution is 5.98. The molecule has 3 rings (SSSR count). The van der Waals surface area contributed by atoms with E-state index in [1.165, 1.54) is 0 Å². The second-order valence-corrected chi connectivity index (χ2v) is 6.86. The van der Waals surface area contributed by atoms with Gasteiger partial charge in [-0.05, 0) is 55.3 Å². The summed E-state index contributed by atoms with van der Waals surface area (Å²) in [7, 11) is 0. The molecule has 0 aliphatic rings. The molecular weight excluding hydrogens is 394 g/mol. The number of carbonyl (C=O) groups excluding carboxylic acids is 3. The Labute approximate surface area is 180 Å². The zero-order chi connectivity index (χ0) is 22.2. The summed E-state index contributed by atoms with van der Waals surface area (Å²) < 4.78 is 5.12. The average molecular weight is 417 g/mol. The molecule has 0 aliphatic carbocycles. The third-order valence-corrected chi connectivity index (χ3v) is 4.71. The predicted molar refractivity (Wildman–Crippen MR) is 118 cm³/mol. The molecule has 0 aliphatic heterocycles. The lowest BCUT2D eigenvalue weighted by Gasteiger charge is -2.14. The first-order chi connectivity index (χ1) is 15.0. The summed E-state index contributed by atoms with van der Waals surface area (Å²) in [5.74, 6) is -1.78. The van der Waals surface area contributed by atoms with E-state index in [1.54, 1.807) is 54.6 Å². The number of hydrogen-bond donors (Lipinski definition) is 3. The van der Waals surface area contributed by atoms with Crippen LogP contribution in [-0.2, 0) is 9.53 Å². The van der Waals surface area contributed by atoms with Crippen LogP contribution in [0, 0.1) is 13.8 Å². The van der Waals surface area contributed by atoms with E-state index in [4.69, 9.17) is 4.74 Å². The molecule has 0 saturated heterocycles. The zero-order valence-electron chi connectivity index (χ0n) is 17.3. The second kappa shape index (κ2) is 10.1. The van der Waals surface area contributed by atoms with E-state index in [2.05, 4.69) is 16.2 Å².